The second kappa shape index (κ2) is 6.96. The van der Waals surface area contributed by atoms with Crippen LogP contribution in [0.1, 0.15) is 18.1 Å². The number of rotatable bonds is 4. The topological polar surface area (TPSA) is 61.7 Å². The highest BCUT2D eigenvalue weighted by atomic mass is 16.3. The van der Waals surface area contributed by atoms with Crippen LogP contribution in [0.15, 0.2) is 71.8 Å². The lowest BCUT2D eigenvalue weighted by atomic mass is 10.0. The number of fused-ring (bicyclic) bond motifs is 1. The van der Waals surface area contributed by atoms with Crippen molar-refractivity contribution >= 4 is 22.4 Å². The third-order valence-corrected chi connectivity index (χ3v) is 3.87. The average Bonchev–Trinajstić information content (AvgIpc) is 2.60. The number of carbonyl (C=O) groups excluding carboxylic acids is 1. The van der Waals surface area contributed by atoms with Crippen molar-refractivity contribution < 1.29 is 9.90 Å². The first kappa shape index (κ1) is 15.7. The molecule has 4 nitrogen and oxygen atoms in total. The fourth-order valence-electron chi connectivity index (χ4n) is 2.65. The van der Waals surface area contributed by atoms with Gasteiger partial charge in [-0.2, -0.15) is 5.10 Å². The highest BCUT2D eigenvalue weighted by molar-refractivity contribution is 6.01. The van der Waals surface area contributed by atoms with Crippen LogP contribution in [0.4, 0.5) is 0 Å². The Morgan fingerprint density at radius 3 is 2.54 bits per heavy atom. The average molecular weight is 318 g/mol. The zero-order valence-electron chi connectivity index (χ0n) is 13.4. The van der Waals surface area contributed by atoms with E-state index in [1.165, 1.54) is 0 Å². The summed E-state index contributed by atoms with van der Waals surface area (Å²) >= 11 is 0. The number of hydrazone groups is 1. The molecule has 0 radical (unpaired) electrons. The molecule has 0 aliphatic rings. The summed E-state index contributed by atoms with van der Waals surface area (Å²) in [5.74, 6) is -0.0526. The normalized spacial score (nSPS) is 11.5. The predicted octanol–water partition coefficient (Wildman–Crippen LogP) is 3.63. The largest absolute Gasteiger partial charge is 0.507 e. The molecule has 0 fully saturated rings. The molecule has 0 saturated heterocycles. The molecule has 0 heterocycles. The van der Waals surface area contributed by atoms with Crippen LogP contribution in [-0.4, -0.2) is 16.7 Å². The molecule has 0 aliphatic heterocycles. The van der Waals surface area contributed by atoms with Gasteiger partial charge in [-0.05, 0) is 35.4 Å². The number of benzene rings is 3. The number of para-hydroxylation sites is 1. The van der Waals surface area contributed by atoms with Gasteiger partial charge in [-0.3, -0.25) is 4.79 Å². The van der Waals surface area contributed by atoms with Gasteiger partial charge >= 0.3 is 0 Å². The minimum absolute atomic E-state index is 0.141. The van der Waals surface area contributed by atoms with Crippen LogP contribution >= 0.6 is 0 Å². The molecular formula is C20H18N2O2. The van der Waals surface area contributed by atoms with Crippen molar-refractivity contribution in [2.75, 3.05) is 0 Å². The summed E-state index contributed by atoms with van der Waals surface area (Å²) in [5, 5.41) is 16.1. The van der Waals surface area contributed by atoms with Crippen LogP contribution < -0.4 is 5.43 Å². The number of nitrogens with one attached hydrogen (secondary N) is 1. The molecule has 0 aliphatic carbocycles. The van der Waals surface area contributed by atoms with Crippen molar-refractivity contribution in [1.29, 1.82) is 0 Å². The minimum Gasteiger partial charge on any atom is -0.507 e. The van der Waals surface area contributed by atoms with E-state index in [-0.39, 0.29) is 18.1 Å². The molecule has 0 aromatic heterocycles. The second-order valence-corrected chi connectivity index (χ2v) is 5.56. The van der Waals surface area contributed by atoms with Gasteiger partial charge in [0.05, 0.1) is 12.1 Å². The summed E-state index contributed by atoms with van der Waals surface area (Å²) in [6.07, 6.45) is 0.249. The van der Waals surface area contributed by atoms with Crippen molar-refractivity contribution in [3.8, 4) is 5.75 Å². The Morgan fingerprint density at radius 2 is 1.71 bits per heavy atom. The van der Waals surface area contributed by atoms with Gasteiger partial charge < -0.3 is 5.11 Å². The standard InChI is InChI=1S/C20H18N2O2/c1-14(17-10-4-5-12-19(17)23)21-22-20(24)13-16-9-6-8-15-7-2-3-11-18(15)16/h2-12,23H,13H2,1H3,(H,22,24)/b21-14-. The van der Waals surface area contributed by atoms with Crippen molar-refractivity contribution in [3.63, 3.8) is 0 Å². The summed E-state index contributed by atoms with van der Waals surface area (Å²) in [7, 11) is 0. The van der Waals surface area contributed by atoms with E-state index in [1.54, 1.807) is 25.1 Å². The lowest BCUT2D eigenvalue weighted by molar-refractivity contribution is -0.120. The lowest BCUT2D eigenvalue weighted by Crippen LogP contribution is -2.21. The van der Waals surface area contributed by atoms with Crippen LogP contribution in [0.3, 0.4) is 0 Å². The number of aromatic hydroxyl groups is 1. The number of phenols is 1. The highest BCUT2D eigenvalue weighted by Crippen LogP contribution is 2.19. The minimum atomic E-state index is -0.193. The molecule has 3 aromatic carbocycles. The van der Waals surface area contributed by atoms with E-state index in [1.807, 2.05) is 48.5 Å². The summed E-state index contributed by atoms with van der Waals surface area (Å²) in [4.78, 5) is 12.2. The van der Waals surface area contributed by atoms with Gasteiger partial charge in [0, 0.05) is 5.56 Å². The second-order valence-electron chi connectivity index (χ2n) is 5.56. The fraction of sp³-hybridized carbons (Fsp3) is 0.100. The van der Waals surface area contributed by atoms with Crippen molar-refractivity contribution in [1.82, 2.24) is 5.43 Å². The third kappa shape index (κ3) is 3.43. The quantitative estimate of drug-likeness (QED) is 0.570. The van der Waals surface area contributed by atoms with Gasteiger partial charge in [0.25, 0.3) is 0 Å². The molecule has 0 bridgehead atoms. The Morgan fingerprint density at radius 1 is 1.00 bits per heavy atom. The molecule has 3 aromatic rings. The summed E-state index contributed by atoms with van der Waals surface area (Å²) in [5.41, 5.74) is 4.67. The Bertz CT molecular complexity index is 911. The number of amides is 1. The molecule has 24 heavy (non-hydrogen) atoms. The lowest BCUT2D eigenvalue weighted by Gasteiger charge is -2.07. The maximum Gasteiger partial charge on any atom is 0.244 e. The van der Waals surface area contributed by atoms with Gasteiger partial charge in [0.1, 0.15) is 5.75 Å². The summed E-state index contributed by atoms with van der Waals surface area (Å²) in [6, 6.07) is 20.8. The molecule has 1 amide bonds. The Hall–Kier alpha value is -3.14. The van der Waals surface area contributed by atoms with E-state index in [0.29, 0.717) is 11.3 Å². The van der Waals surface area contributed by atoms with E-state index >= 15 is 0 Å². The van der Waals surface area contributed by atoms with E-state index in [2.05, 4.69) is 10.5 Å². The van der Waals surface area contributed by atoms with Crippen LogP contribution in [0, 0.1) is 0 Å². The first-order valence-corrected chi connectivity index (χ1v) is 7.73. The zero-order valence-corrected chi connectivity index (χ0v) is 13.4. The highest BCUT2D eigenvalue weighted by Gasteiger charge is 2.07. The predicted molar refractivity (Wildman–Crippen MR) is 96.1 cm³/mol. The summed E-state index contributed by atoms with van der Waals surface area (Å²) in [6.45, 7) is 1.74. The van der Waals surface area contributed by atoms with Crippen molar-refractivity contribution in [3.05, 3.63) is 77.9 Å². The van der Waals surface area contributed by atoms with E-state index in [0.717, 1.165) is 16.3 Å². The van der Waals surface area contributed by atoms with Crippen molar-refractivity contribution in [2.45, 2.75) is 13.3 Å². The van der Waals surface area contributed by atoms with E-state index < -0.39 is 0 Å². The van der Waals surface area contributed by atoms with Crippen molar-refractivity contribution in [2.24, 2.45) is 5.10 Å². The Balaban J connectivity index is 1.74. The summed E-state index contributed by atoms with van der Waals surface area (Å²) < 4.78 is 0. The SMILES string of the molecule is C/C(=N/NC(=O)Cc1cccc2ccccc12)c1ccccc1O. The zero-order chi connectivity index (χ0) is 16.9. The molecule has 0 saturated carbocycles. The molecule has 120 valence electrons. The number of nitrogens with zero attached hydrogens (tertiary/aromatic N) is 1. The first-order valence-electron chi connectivity index (χ1n) is 7.73. The maximum absolute atomic E-state index is 12.2. The van der Waals surface area contributed by atoms with Gasteiger partial charge in [0.15, 0.2) is 0 Å². The van der Waals surface area contributed by atoms with Gasteiger partial charge in [-0.15, -0.1) is 0 Å². The van der Waals surface area contributed by atoms with Gasteiger partial charge in [0.2, 0.25) is 5.91 Å². The number of hydrogen-bond acceptors (Lipinski definition) is 3. The fourth-order valence-corrected chi connectivity index (χ4v) is 2.65. The molecule has 4 heteroatoms. The van der Waals surface area contributed by atoms with Gasteiger partial charge in [-0.25, -0.2) is 5.43 Å². The van der Waals surface area contributed by atoms with Crippen LogP contribution in [0.5, 0.6) is 5.75 Å². The maximum atomic E-state index is 12.2. The molecular weight excluding hydrogens is 300 g/mol. The molecule has 0 unspecified atom stereocenters. The Labute approximate surface area is 140 Å². The van der Waals surface area contributed by atoms with Gasteiger partial charge in [-0.1, -0.05) is 54.6 Å². The molecule has 0 atom stereocenters. The molecule has 2 N–H and O–H groups in total. The van der Waals surface area contributed by atoms with Crippen LogP contribution in [0.2, 0.25) is 0 Å². The van der Waals surface area contributed by atoms with Crippen LogP contribution in [-0.2, 0) is 11.2 Å². The first-order chi connectivity index (χ1) is 11.6. The number of phenolic OH excluding ortho intramolecular Hbond substituents is 1. The Kier molecular flexibility index (Phi) is 4.57. The van der Waals surface area contributed by atoms with Crippen LogP contribution in [0.25, 0.3) is 10.8 Å². The molecule has 3 rings (SSSR count). The number of carbonyl (C=O) groups is 1. The van der Waals surface area contributed by atoms with E-state index in [4.69, 9.17) is 0 Å². The smallest absolute Gasteiger partial charge is 0.244 e. The monoisotopic (exact) mass is 318 g/mol. The van der Waals surface area contributed by atoms with E-state index in [9.17, 15) is 9.90 Å². The number of hydrogen-bond donors (Lipinski definition) is 2. The third-order valence-electron chi connectivity index (χ3n) is 3.87. The molecule has 0 spiro atoms.